The highest BCUT2D eigenvalue weighted by atomic mass is 35.5. The van der Waals surface area contributed by atoms with Crippen molar-refractivity contribution in [1.82, 2.24) is 0 Å². The van der Waals surface area contributed by atoms with E-state index in [1.54, 1.807) is 0 Å². The molecule has 0 atom stereocenters. The molecule has 0 radical (unpaired) electrons. The smallest absolute Gasteiger partial charge is 0.356 e. The van der Waals surface area contributed by atoms with Crippen LogP contribution in [0.15, 0.2) is 27.9 Å². The van der Waals surface area contributed by atoms with Gasteiger partial charge < -0.3 is 4.74 Å². The lowest BCUT2D eigenvalue weighted by Crippen LogP contribution is -2.13. The number of nitrogens with zero attached hydrogens (tertiary/aromatic N) is 1. The average molecular weight is 200 g/mol. The maximum absolute atomic E-state index is 11.1. The molecule has 0 amide bonds. The first kappa shape index (κ1) is 9.99. The third-order valence-corrected chi connectivity index (χ3v) is 1.84. The summed E-state index contributed by atoms with van der Waals surface area (Å²) in [5.74, 6) is -0.465. The minimum atomic E-state index is -0.465. The van der Waals surface area contributed by atoms with E-state index in [1.165, 1.54) is 13.2 Å². The van der Waals surface area contributed by atoms with Crippen LogP contribution in [0, 0.1) is 0 Å². The van der Waals surface area contributed by atoms with Crippen LogP contribution in [0.3, 0.4) is 0 Å². The predicted octanol–water partition coefficient (Wildman–Crippen LogP) is 2.03. The molecule has 0 N–H and O–H groups in total. The molecule has 0 saturated carbocycles. The van der Waals surface area contributed by atoms with Crippen molar-refractivity contribution in [3.63, 3.8) is 0 Å². The lowest BCUT2D eigenvalue weighted by atomic mass is 10.3. The summed E-state index contributed by atoms with van der Waals surface area (Å²) in [5.41, 5.74) is 1.02. The number of carbonyl (C=O) groups is 1. The molecule has 0 aromatic carbocycles. The minimum Gasteiger partial charge on any atom is -0.464 e. The number of ether oxygens (including phenoxy) is 1. The van der Waals surface area contributed by atoms with Crippen LogP contribution in [0.5, 0.6) is 0 Å². The van der Waals surface area contributed by atoms with E-state index in [4.69, 9.17) is 11.6 Å². The van der Waals surface area contributed by atoms with E-state index in [2.05, 4.69) is 9.73 Å². The summed E-state index contributed by atoms with van der Waals surface area (Å²) in [5, 5.41) is 0.584. The van der Waals surface area contributed by atoms with Crippen molar-refractivity contribution in [3.05, 3.63) is 22.9 Å². The van der Waals surface area contributed by atoms with E-state index in [9.17, 15) is 4.79 Å². The maximum atomic E-state index is 11.1. The van der Waals surface area contributed by atoms with E-state index in [0.29, 0.717) is 11.5 Å². The topological polar surface area (TPSA) is 38.7 Å². The number of aliphatic imine (C=N–C) groups is 1. The Morgan fingerprint density at radius 2 is 2.38 bits per heavy atom. The Bertz CT molecular complexity index is 316. The van der Waals surface area contributed by atoms with Gasteiger partial charge in [-0.3, -0.25) is 0 Å². The monoisotopic (exact) mass is 199 g/mol. The van der Waals surface area contributed by atoms with Crippen LogP contribution in [-0.4, -0.2) is 18.8 Å². The standard InChI is InChI=1S/C9H10ClNO2/c1-6-3-4-7(10)5-8(11-6)9(12)13-2/h3,5H,4H2,1-2H3. The van der Waals surface area contributed by atoms with Crippen molar-refractivity contribution in [2.24, 2.45) is 4.99 Å². The molecule has 1 aliphatic heterocycles. The molecule has 13 heavy (non-hydrogen) atoms. The Labute approximate surface area is 81.7 Å². The highest BCUT2D eigenvalue weighted by Crippen LogP contribution is 2.15. The maximum Gasteiger partial charge on any atom is 0.356 e. The molecule has 3 nitrogen and oxygen atoms in total. The normalized spacial score (nSPS) is 16.7. The van der Waals surface area contributed by atoms with Gasteiger partial charge in [0, 0.05) is 17.2 Å². The van der Waals surface area contributed by atoms with E-state index in [1.807, 2.05) is 13.0 Å². The number of methoxy groups -OCH3 is 1. The average Bonchev–Trinajstić information content (AvgIpc) is 2.27. The second-order valence-corrected chi connectivity index (χ2v) is 3.11. The third kappa shape index (κ3) is 2.70. The SMILES string of the molecule is COC(=O)C1=NC(C)=CCC(Cl)=C1. The minimum absolute atomic E-state index is 0.249. The fourth-order valence-electron chi connectivity index (χ4n) is 0.930. The molecule has 0 bridgehead atoms. The fraction of sp³-hybridized carbons (Fsp3) is 0.333. The Morgan fingerprint density at radius 3 is 3.00 bits per heavy atom. The van der Waals surface area contributed by atoms with Crippen LogP contribution < -0.4 is 0 Å². The number of hydrogen-bond acceptors (Lipinski definition) is 3. The van der Waals surface area contributed by atoms with Crippen molar-refractivity contribution >= 4 is 23.3 Å². The molecule has 0 aromatic rings. The molecule has 0 saturated heterocycles. The van der Waals surface area contributed by atoms with Crippen molar-refractivity contribution in [1.29, 1.82) is 0 Å². The van der Waals surface area contributed by atoms with Crippen LogP contribution >= 0.6 is 11.6 Å². The molecule has 0 aliphatic carbocycles. The molecule has 0 unspecified atom stereocenters. The van der Waals surface area contributed by atoms with Crippen LogP contribution in [-0.2, 0) is 9.53 Å². The second-order valence-electron chi connectivity index (χ2n) is 2.63. The van der Waals surface area contributed by atoms with Crippen LogP contribution in [0.1, 0.15) is 13.3 Å². The number of rotatable bonds is 1. The van der Waals surface area contributed by atoms with Gasteiger partial charge >= 0.3 is 5.97 Å². The molecular weight excluding hydrogens is 190 g/mol. The zero-order chi connectivity index (χ0) is 9.84. The molecule has 0 fully saturated rings. The van der Waals surface area contributed by atoms with E-state index in [0.717, 1.165) is 5.70 Å². The molecule has 4 heteroatoms. The summed E-state index contributed by atoms with van der Waals surface area (Å²) >= 11 is 5.81. The lowest BCUT2D eigenvalue weighted by molar-refractivity contribution is -0.132. The van der Waals surface area contributed by atoms with Crippen LogP contribution in [0.4, 0.5) is 0 Å². The van der Waals surface area contributed by atoms with Gasteiger partial charge in [0.05, 0.1) is 7.11 Å². The van der Waals surface area contributed by atoms with Crippen molar-refractivity contribution in [2.75, 3.05) is 7.11 Å². The number of hydrogen-bond donors (Lipinski definition) is 0. The van der Waals surface area contributed by atoms with Gasteiger partial charge in [-0.1, -0.05) is 17.7 Å². The second kappa shape index (κ2) is 4.23. The summed E-state index contributed by atoms with van der Waals surface area (Å²) in [6.07, 6.45) is 3.99. The van der Waals surface area contributed by atoms with Gasteiger partial charge in [-0.05, 0) is 13.0 Å². The third-order valence-electron chi connectivity index (χ3n) is 1.58. The summed E-state index contributed by atoms with van der Waals surface area (Å²) in [4.78, 5) is 15.2. The zero-order valence-corrected chi connectivity index (χ0v) is 8.26. The number of esters is 1. The van der Waals surface area contributed by atoms with Gasteiger partial charge in [-0.15, -0.1) is 0 Å². The number of halogens is 1. The summed E-state index contributed by atoms with van der Waals surface area (Å²) in [7, 11) is 1.32. The predicted molar refractivity (Wildman–Crippen MR) is 51.8 cm³/mol. The summed E-state index contributed by atoms with van der Waals surface area (Å²) < 4.78 is 4.54. The summed E-state index contributed by atoms with van der Waals surface area (Å²) in [6.45, 7) is 1.81. The fourth-order valence-corrected chi connectivity index (χ4v) is 1.11. The van der Waals surface area contributed by atoms with Gasteiger partial charge in [0.15, 0.2) is 0 Å². The van der Waals surface area contributed by atoms with E-state index in [-0.39, 0.29) is 5.71 Å². The molecule has 1 rings (SSSR count). The lowest BCUT2D eigenvalue weighted by Gasteiger charge is -1.97. The molecule has 1 aliphatic rings. The molecule has 1 heterocycles. The first-order chi connectivity index (χ1) is 6.13. The summed E-state index contributed by atoms with van der Waals surface area (Å²) in [6, 6.07) is 0. The van der Waals surface area contributed by atoms with Gasteiger partial charge in [-0.2, -0.15) is 0 Å². The van der Waals surface area contributed by atoms with Crippen LogP contribution in [0.25, 0.3) is 0 Å². The Morgan fingerprint density at radius 1 is 1.69 bits per heavy atom. The van der Waals surface area contributed by atoms with Crippen molar-refractivity contribution < 1.29 is 9.53 Å². The Hall–Kier alpha value is -1.09. The number of carbonyl (C=O) groups excluding carboxylic acids is 1. The van der Waals surface area contributed by atoms with E-state index < -0.39 is 5.97 Å². The van der Waals surface area contributed by atoms with E-state index >= 15 is 0 Å². The Balaban J connectivity index is 2.99. The zero-order valence-electron chi connectivity index (χ0n) is 7.50. The van der Waals surface area contributed by atoms with Gasteiger partial charge in [0.2, 0.25) is 0 Å². The van der Waals surface area contributed by atoms with Gasteiger partial charge in [0.25, 0.3) is 0 Å². The largest absolute Gasteiger partial charge is 0.464 e. The molecule has 0 spiro atoms. The van der Waals surface area contributed by atoms with Crippen LogP contribution in [0.2, 0.25) is 0 Å². The van der Waals surface area contributed by atoms with Gasteiger partial charge in [0.1, 0.15) is 5.71 Å². The highest BCUT2D eigenvalue weighted by Gasteiger charge is 2.11. The van der Waals surface area contributed by atoms with Gasteiger partial charge in [-0.25, -0.2) is 9.79 Å². The quantitative estimate of drug-likeness (QED) is 0.606. The first-order valence-corrected chi connectivity index (χ1v) is 4.21. The highest BCUT2D eigenvalue weighted by molar-refractivity contribution is 6.44. The first-order valence-electron chi connectivity index (χ1n) is 3.83. The molecular formula is C9H10ClNO2. The molecule has 70 valence electrons. The van der Waals surface area contributed by atoms with Crippen molar-refractivity contribution in [3.8, 4) is 0 Å². The van der Waals surface area contributed by atoms with Crippen molar-refractivity contribution in [2.45, 2.75) is 13.3 Å². The number of allylic oxidation sites excluding steroid dienone is 3. The molecule has 0 aromatic heterocycles. The Kier molecular flexibility index (Phi) is 3.25.